The molecule has 3 rings (SSSR count). The zero-order valence-corrected chi connectivity index (χ0v) is 12.0. The Morgan fingerprint density at radius 2 is 2.10 bits per heavy atom. The van der Waals surface area contributed by atoms with E-state index in [2.05, 4.69) is 20.6 Å². The van der Waals surface area contributed by atoms with E-state index in [4.69, 9.17) is 33.4 Å². The molecule has 106 valence electrons. The summed E-state index contributed by atoms with van der Waals surface area (Å²) in [6.45, 7) is 0. The number of hydrogen-bond acceptors (Lipinski definition) is 6. The molecule has 3 aromatic rings. The number of nitrogen functional groups attached to an aromatic ring is 1. The van der Waals surface area contributed by atoms with Crippen molar-refractivity contribution in [2.45, 2.75) is 0 Å². The van der Waals surface area contributed by atoms with Crippen LogP contribution in [0.4, 0.5) is 5.95 Å². The highest BCUT2D eigenvalue weighted by Crippen LogP contribution is 2.31. The summed E-state index contributed by atoms with van der Waals surface area (Å²) in [4.78, 5) is 1.08. The fourth-order valence-corrected chi connectivity index (χ4v) is 2.02. The van der Waals surface area contributed by atoms with E-state index in [0.717, 1.165) is 4.79 Å². The molecule has 0 unspecified atom stereocenters. The van der Waals surface area contributed by atoms with Crippen LogP contribution in [0.15, 0.2) is 39.9 Å². The third-order valence-electron chi connectivity index (χ3n) is 2.59. The number of anilines is 1. The van der Waals surface area contributed by atoms with Gasteiger partial charge in [0.15, 0.2) is 0 Å². The average Bonchev–Trinajstić information content (AvgIpc) is 3.08. The van der Waals surface area contributed by atoms with Crippen LogP contribution in [0.3, 0.4) is 0 Å². The summed E-state index contributed by atoms with van der Waals surface area (Å²) in [6.07, 6.45) is 1.44. The van der Waals surface area contributed by atoms with Crippen LogP contribution in [0.5, 0.6) is 0 Å². The normalized spacial score (nSPS) is 11.3. The van der Waals surface area contributed by atoms with Gasteiger partial charge in [-0.15, -0.1) is 0 Å². The van der Waals surface area contributed by atoms with Gasteiger partial charge < -0.3 is 10.2 Å². The van der Waals surface area contributed by atoms with E-state index >= 15 is 0 Å². The van der Waals surface area contributed by atoms with Crippen LogP contribution in [-0.2, 0) is 0 Å². The van der Waals surface area contributed by atoms with Crippen molar-refractivity contribution in [3.63, 3.8) is 0 Å². The van der Waals surface area contributed by atoms with Crippen LogP contribution in [0.1, 0.15) is 5.76 Å². The summed E-state index contributed by atoms with van der Waals surface area (Å²) in [5, 5.41) is 15.5. The van der Waals surface area contributed by atoms with Gasteiger partial charge in [0.25, 0.3) is 5.95 Å². The Hall–Kier alpha value is -2.38. The summed E-state index contributed by atoms with van der Waals surface area (Å²) >= 11 is 12.1. The van der Waals surface area contributed by atoms with Crippen LogP contribution < -0.4 is 5.73 Å². The fraction of sp³-hybridized carbons (Fsp3) is 0. The van der Waals surface area contributed by atoms with Gasteiger partial charge in [0.2, 0.25) is 0 Å². The number of rotatable bonds is 3. The molecular formula is C12H8Cl2N6O. The summed E-state index contributed by atoms with van der Waals surface area (Å²) in [6, 6.07) is 8.64. The second-order valence-corrected chi connectivity index (χ2v) is 4.84. The first-order valence-corrected chi connectivity index (χ1v) is 6.52. The minimum Gasteiger partial charge on any atom is -0.455 e. The van der Waals surface area contributed by atoms with Crippen LogP contribution in [0, 0.1) is 0 Å². The van der Waals surface area contributed by atoms with Crippen molar-refractivity contribution < 1.29 is 4.42 Å². The van der Waals surface area contributed by atoms with Gasteiger partial charge in [-0.25, -0.2) is 0 Å². The molecule has 0 bridgehead atoms. The van der Waals surface area contributed by atoms with Crippen molar-refractivity contribution in [1.82, 2.24) is 20.3 Å². The predicted octanol–water partition coefficient (Wildman–Crippen LogP) is 2.70. The molecule has 0 saturated heterocycles. The Morgan fingerprint density at radius 1 is 1.24 bits per heavy atom. The van der Waals surface area contributed by atoms with E-state index < -0.39 is 0 Å². The van der Waals surface area contributed by atoms with Crippen LogP contribution in [-0.4, -0.2) is 26.5 Å². The lowest BCUT2D eigenvalue weighted by Crippen LogP contribution is -1.99. The number of nitrogens with two attached hydrogens (primary N) is 1. The Kier molecular flexibility index (Phi) is 3.59. The lowest BCUT2D eigenvalue weighted by Gasteiger charge is -2.00. The summed E-state index contributed by atoms with van der Waals surface area (Å²) in [7, 11) is 0. The zero-order chi connectivity index (χ0) is 14.8. The monoisotopic (exact) mass is 322 g/mol. The molecule has 0 saturated carbocycles. The number of nitrogens with zero attached hydrogens (tertiary/aromatic N) is 5. The second kappa shape index (κ2) is 5.55. The molecule has 0 amide bonds. The topological polar surface area (TPSA) is 95.1 Å². The highest BCUT2D eigenvalue weighted by atomic mass is 35.5. The Morgan fingerprint density at radius 3 is 2.86 bits per heavy atom. The first kappa shape index (κ1) is 13.6. The van der Waals surface area contributed by atoms with Crippen LogP contribution in [0.25, 0.3) is 11.3 Å². The molecule has 2 aromatic heterocycles. The molecule has 0 fully saturated rings. The largest absolute Gasteiger partial charge is 0.455 e. The quantitative estimate of drug-likeness (QED) is 0.748. The van der Waals surface area contributed by atoms with E-state index in [1.54, 1.807) is 30.3 Å². The van der Waals surface area contributed by atoms with Crippen LogP contribution in [0.2, 0.25) is 10.0 Å². The second-order valence-electron chi connectivity index (χ2n) is 4.00. The van der Waals surface area contributed by atoms with E-state index in [1.165, 1.54) is 6.21 Å². The molecule has 1 aromatic carbocycles. The molecular weight excluding hydrogens is 315 g/mol. The SMILES string of the molecule is Nc1nnnn1/N=C\c1ccc(-c2cc(Cl)ccc2Cl)o1. The number of aromatic nitrogens is 4. The molecule has 9 heteroatoms. The van der Waals surface area contributed by atoms with Gasteiger partial charge in [-0.2, -0.15) is 5.10 Å². The molecule has 0 atom stereocenters. The number of benzene rings is 1. The van der Waals surface area contributed by atoms with Crippen molar-refractivity contribution in [2.75, 3.05) is 5.73 Å². The molecule has 7 nitrogen and oxygen atoms in total. The maximum absolute atomic E-state index is 6.12. The first-order chi connectivity index (χ1) is 10.1. The molecule has 2 heterocycles. The third-order valence-corrected chi connectivity index (χ3v) is 3.16. The minimum absolute atomic E-state index is 0.0796. The first-order valence-electron chi connectivity index (χ1n) is 5.77. The number of tetrazole rings is 1. The summed E-state index contributed by atoms with van der Waals surface area (Å²) in [5.41, 5.74) is 6.19. The molecule has 0 radical (unpaired) electrons. The highest BCUT2D eigenvalue weighted by molar-refractivity contribution is 6.35. The number of furan rings is 1. The number of hydrogen-bond donors (Lipinski definition) is 1. The van der Waals surface area contributed by atoms with Gasteiger partial charge in [0, 0.05) is 10.6 Å². The molecule has 0 aliphatic heterocycles. The third kappa shape index (κ3) is 2.88. The molecule has 2 N–H and O–H groups in total. The summed E-state index contributed by atoms with van der Waals surface area (Å²) < 4.78 is 5.63. The van der Waals surface area contributed by atoms with Crippen molar-refractivity contribution in [3.05, 3.63) is 46.1 Å². The van der Waals surface area contributed by atoms with Crippen molar-refractivity contribution in [2.24, 2.45) is 5.10 Å². The Labute approximate surface area is 129 Å². The molecule has 0 aliphatic carbocycles. The molecule has 0 spiro atoms. The summed E-state index contributed by atoms with van der Waals surface area (Å²) in [5.74, 6) is 1.15. The van der Waals surface area contributed by atoms with Crippen LogP contribution >= 0.6 is 23.2 Å². The van der Waals surface area contributed by atoms with Gasteiger partial charge >= 0.3 is 0 Å². The van der Waals surface area contributed by atoms with Crippen molar-refractivity contribution >= 4 is 35.4 Å². The van der Waals surface area contributed by atoms with Gasteiger partial charge in [0.1, 0.15) is 11.5 Å². The standard InChI is InChI=1S/C12H8Cl2N6O/c13-7-1-3-10(14)9(5-7)11-4-2-8(21-11)6-16-20-12(15)17-18-19-20/h1-6H,(H2,15,17,19)/b16-6-. The minimum atomic E-state index is 0.0796. The van der Waals surface area contributed by atoms with E-state index in [1.807, 2.05) is 0 Å². The highest BCUT2D eigenvalue weighted by Gasteiger charge is 2.09. The maximum Gasteiger partial charge on any atom is 0.263 e. The average molecular weight is 323 g/mol. The smallest absolute Gasteiger partial charge is 0.263 e. The van der Waals surface area contributed by atoms with Gasteiger partial charge in [-0.05, 0) is 40.8 Å². The van der Waals surface area contributed by atoms with E-state index in [-0.39, 0.29) is 5.95 Å². The Balaban J connectivity index is 1.88. The maximum atomic E-state index is 6.12. The lowest BCUT2D eigenvalue weighted by molar-refractivity contribution is 0.573. The lowest BCUT2D eigenvalue weighted by atomic mass is 10.2. The molecule has 21 heavy (non-hydrogen) atoms. The van der Waals surface area contributed by atoms with Gasteiger partial charge in [-0.3, -0.25) is 0 Å². The zero-order valence-electron chi connectivity index (χ0n) is 10.4. The van der Waals surface area contributed by atoms with Gasteiger partial charge in [0.05, 0.1) is 11.2 Å². The number of halogens is 2. The predicted molar refractivity (Wildman–Crippen MR) is 79.4 cm³/mol. The van der Waals surface area contributed by atoms with Crippen molar-refractivity contribution in [1.29, 1.82) is 0 Å². The van der Waals surface area contributed by atoms with Gasteiger partial charge in [-0.1, -0.05) is 33.1 Å². The fourth-order valence-electron chi connectivity index (χ4n) is 1.64. The molecule has 0 aliphatic rings. The van der Waals surface area contributed by atoms with Crippen molar-refractivity contribution in [3.8, 4) is 11.3 Å². The van der Waals surface area contributed by atoms with E-state index in [0.29, 0.717) is 27.1 Å². The Bertz CT molecular complexity index is 810. The van der Waals surface area contributed by atoms with E-state index in [9.17, 15) is 0 Å².